The molecule has 1 unspecified atom stereocenters. The molecule has 0 bridgehead atoms. The molecular formula is C16H19N5. The molecular weight excluding hydrogens is 262 g/mol. The molecule has 2 N–H and O–H groups in total. The van der Waals surface area contributed by atoms with Crippen LogP contribution in [0.1, 0.15) is 30.0 Å². The third kappa shape index (κ3) is 2.64. The summed E-state index contributed by atoms with van der Waals surface area (Å²) in [6.45, 7) is 4.93. The number of fused-ring (bicyclic) bond motifs is 1. The van der Waals surface area contributed by atoms with Crippen LogP contribution < -0.4 is 5.73 Å². The minimum Gasteiger partial charge on any atom is -0.322 e. The Kier molecular flexibility index (Phi) is 3.66. The minimum absolute atomic E-state index is 0.178. The second-order valence-electron chi connectivity index (χ2n) is 5.18. The first-order valence-electron chi connectivity index (χ1n) is 7.17. The van der Waals surface area contributed by atoms with Gasteiger partial charge in [0, 0.05) is 18.4 Å². The first kappa shape index (κ1) is 13.7. The summed E-state index contributed by atoms with van der Waals surface area (Å²) in [6.07, 6.45) is 2.21. The van der Waals surface area contributed by atoms with Gasteiger partial charge in [0.25, 0.3) is 0 Å². The average Bonchev–Trinajstić information content (AvgIpc) is 2.94. The fourth-order valence-corrected chi connectivity index (χ4v) is 2.58. The third-order valence-electron chi connectivity index (χ3n) is 3.72. The molecule has 0 saturated carbocycles. The molecule has 2 heterocycles. The van der Waals surface area contributed by atoms with Gasteiger partial charge in [-0.2, -0.15) is 5.10 Å². The maximum atomic E-state index is 6.33. The SMILES string of the molecule is CCn1ncnc1CC(N)c1cc(C)c2ccccc2n1. The van der Waals surface area contributed by atoms with Crippen molar-refractivity contribution in [3.05, 3.63) is 53.7 Å². The molecule has 1 aromatic carbocycles. The van der Waals surface area contributed by atoms with Crippen molar-refractivity contribution in [2.75, 3.05) is 0 Å². The number of pyridine rings is 1. The van der Waals surface area contributed by atoms with E-state index in [9.17, 15) is 0 Å². The van der Waals surface area contributed by atoms with E-state index in [0.29, 0.717) is 6.42 Å². The zero-order valence-corrected chi connectivity index (χ0v) is 12.3. The van der Waals surface area contributed by atoms with E-state index < -0.39 is 0 Å². The lowest BCUT2D eigenvalue weighted by Crippen LogP contribution is -2.18. The molecule has 1 atom stereocenters. The van der Waals surface area contributed by atoms with Gasteiger partial charge in [-0.1, -0.05) is 18.2 Å². The molecule has 2 aromatic heterocycles. The molecule has 0 radical (unpaired) electrons. The summed E-state index contributed by atoms with van der Waals surface area (Å²) in [7, 11) is 0. The lowest BCUT2D eigenvalue weighted by molar-refractivity contribution is 0.576. The summed E-state index contributed by atoms with van der Waals surface area (Å²) in [5, 5.41) is 5.35. The number of hydrogen-bond donors (Lipinski definition) is 1. The van der Waals surface area contributed by atoms with Crippen molar-refractivity contribution in [3.8, 4) is 0 Å². The summed E-state index contributed by atoms with van der Waals surface area (Å²) >= 11 is 0. The van der Waals surface area contributed by atoms with Crippen LogP contribution in [0.3, 0.4) is 0 Å². The summed E-state index contributed by atoms with van der Waals surface area (Å²) in [4.78, 5) is 8.97. The zero-order valence-electron chi connectivity index (χ0n) is 12.3. The van der Waals surface area contributed by atoms with Gasteiger partial charge in [0.1, 0.15) is 12.2 Å². The van der Waals surface area contributed by atoms with Gasteiger partial charge in [-0.3, -0.25) is 9.67 Å². The first-order chi connectivity index (χ1) is 10.2. The highest BCUT2D eigenvalue weighted by atomic mass is 15.3. The monoisotopic (exact) mass is 281 g/mol. The van der Waals surface area contributed by atoms with Gasteiger partial charge in [-0.15, -0.1) is 0 Å². The number of aryl methyl sites for hydroxylation is 2. The maximum absolute atomic E-state index is 6.33. The predicted molar refractivity (Wildman–Crippen MR) is 82.8 cm³/mol. The van der Waals surface area contributed by atoms with Gasteiger partial charge >= 0.3 is 0 Å². The normalized spacial score (nSPS) is 12.7. The van der Waals surface area contributed by atoms with Crippen LogP contribution in [-0.4, -0.2) is 19.7 Å². The molecule has 0 aliphatic heterocycles. The lowest BCUT2D eigenvalue weighted by atomic mass is 10.0. The Morgan fingerprint density at radius 3 is 2.90 bits per heavy atom. The molecule has 0 aliphatic rings. The summed E-state index contributed by atoms with van der Waals surface area (Å²) in [6, 6.07) is 10.0. The average molecular weight is 281 g/mol. The highest BCUT2D eigenvalue weighted by Crippen LogP contribution is 2.21. The van der Waals surface area contributed by atoms with Gasteiger partial charge in [0.15, 0.2) is 0 Å². The van der Waals surface area contributed by atoms with Crippen LogP contribution in [0.2, 0.25) is 0 Å². The molecule has 5 nitrogen and oxygen atoms in total. The topological polar surface area (TPSA) is 69.6 Å². The van der Waals surface area contributed by atoms with Gasteiger partial charge in [0.2, 0.25) is 0 Å². The molecule has 0 aliphatic carbocycles. The third-order valence-corrected chi connectivity index (χ3v) is 3.72. The summed E-state index contributed by atoms with van der Waals surface area (Å²) in [5.41, 5.74) is 9.41. The minimum atomic E-state index is -0.178. The van der Waals surface area contributed by atoms with Crippen molar-refractivity contribution in [1.29, 1.82) is 0 Å². The van der Waals surface area contributed by atoms with E-state index in [-0.39, 0.29) is 6.04 Å². The van der Waals surface area contributed by atoms with Crippen LogP contribution in [-0.2, 0) is 13.0 Å². The Hall–Kier alpha value is -2.27. The second kappa shape index (κ2) is 5.61. The van der Waals surface area contributed by atoms with Crippen molar-refractivity contribution in [1.82, 2.24) is 19.7 Å². The number of rotatable bonds is 4. The van der Waals surface area contributed by atoms with Crippen LogP contribution in [0, 0.1) is 6.92 Å². The van der Waals surface area contributed by atoms with E-state index in [2.05, 4.69) is 34.1 Å². The Balaban J connectivity index is 1.93. The van der Waals surface area contributed by atoms with Gasteiger partial charge in [-0.25, -0.2) is 4.98 Å². The number of nitrogens with two attached hydrogens (primary N) is 1. The maximum Gasteiger partial charge on any atom is 0.138 e. The number of aromatic nitrogens is 4. The molecule has 21 heavy (non-hydrogen) atoms. The predicted octanol–water partition coefficient (Wildman–Crippen LogP) is 2.40. The summed E-state index contributed by atoms with van der Waals surface area (Å²) in [5.74, 6) is 0.901. The molecule has 0 saturated heterocycles. The number of benzene rings is 1. The highest BCUT2D eigenvalue weighted by Gasteiger charge is 2.14. The quantitative estimate of drug-likeness (QED) is 0.797. The largest absolute Gasteiger partial charge is 0.322 e. The van der Waals surface area contributed by atoms with Crippen LogP contribution in [0.15, 0.2) is 36.7 Å². The van der Waals surface area contributed by atoms with Crippen LogP contribution in [0.4, 0.5) is 0 Å². The number of para-hydroxylation sites is 1. The molecule has 5 heteroatoms. The van der Waals surface area contributed by atoms with Gasteiger partial charge in [-0.05, 0) is 31.5 Å². The van der Waals surface area contributed by atoms with E-state index in [1.807, 2.05) is 29.8 Å². The second-order valence-corrected chi connectivity index (χ2v) is 5.18. The number of nitrogens with zero attached hydrogens (tertiary/aromatic N) is 4. The van der Waals surface area contributed by atoms with E-state index in [1.54, 1.807) is 6.33 Å². The fraction of sp³-hybridized carbons (Fsp3) is 0.312. The molecule has 0 fully saturated rings. The molecule has 108 valence electrons. The van der Waals surface area contributed by atoms with E-state index in [4.69, 9.17) is 5.73 Å². The standard InChI is InChI=1S/C16H19N5/c1-3-21-16(18-10-19-21)9-13(17)15-8-11(2)12-6-4-5-7-14(12)20-15/h4-8,10,13H,3,9,17H2,1-2H3. The fourth-order valence-electron chi connectivity index (χ4n) is 2.58. The molecule has 0 spiro atoms. The van der Waals surface area contributed by atoms with Crippen LogP contribution >= 0.6 is 0 Å². The Morgan fingerprint density at radius 2 is 2.10 bits per heavy atom. The van der Waals surface area contributed by atoms with E-state index >= 15 is 0 Å². The van der Waals surface area contributed by atoms with Crippen molar-refractivity contribution in [3.63, 3.8) is 0 Å². The van der Waals surface area contributed by atoms with Crippen molar-refractivity contribution in [2.45, 2.75) is 32.9 Å². The highest BCUT2D eigenvalue weighted by molar-refractivity contribution is 5.82. The molecule has 0 amide bonds. The zero-order chi connectivity index (χ0) is 14.8. The smallest absolute Gasteiger partial charge is 0.138 e. The van der Waals surface area contributed by atoms with E-state index in [0.717, 1.165) is 23.6 Å². The Morgan fingerprint density at radius 1 is 1.29 bits per heavy atom. The lowest BCUT2D eigenvalue weighted by Gasteiger charge is -2.13. The Labute approximate surface area is 123 Å². The van der Waals surface area contributed by atoms with Crippen molar-refractivity contribution < 1.29 is 0 Å². The van der Waals surface area contributed by atoms with Gasteiger partial charge < -0.3 is 5.73 Å². The van der Waals surface area contributed by atoms with E-state index in [1.165, 1.54) is 10.9 Å². The van der Waals surface area contributed by atoms with Crippen molar-refractivity contribution >= 4 is 10.9 Å². The Bertz CT molecular complexity index is 762. The number of hydrogen-bond acceptors (Lipinski definition) is 4. The van der Waals surface area contributed by atoms with Crippen molar-refractivity contribution in [2.24, 2.45) is 5.73 Å². The molecule has 3 rings (SSSR count). The van der Waals surface area contributed by atoms with Crippen LogP contribution in [0.25, 0.3) is 10.9 Å². The van der Waals surface area contributed by atoms with Gasteiger partial charge in [0.05, 0.1) is 17.3 Å². The first-order valence-corrected chi connectivity index (χ1v) is 7.17. The summed E-state index contributed by atoms with van der Waals surface area (Å²) < 4.78 is 1.87. The van der Waals surface area contributed by atoms with Crippen LogP contribution in [0.5, 0.6) is 0 Å². The molecule has 3 aromatic rings.